The number of hydrogen-bond acceptors (Lipinski definition) is 3. The molecule has 0 spiro atoms. The summed E-state index contributed by atoms with van der Waals surface area (Å²) in [6, 6.07) is 16.6. The molecule has 0 bridgehead atoms. The molecule has 1 aliphatic rings. The zero-order valence-electron chi connectivity index (χ0n) is 14.5. The van der Waals surface area contributed by atoms with Crippen LogP contribution in [0.25, 0.3) is 10.9 Å². The minimum Gasteiger partial charge on any atom is -0.352 e. The fraction of sp³-hybridized carbons (Fsp3) is 0.238. The van der Waals surface area contributed by atoms with Crippen LogP contribution in [0.15, 0.2) is 48.5 Å². The number of carbonyl (C=O) groups excluding carboxylic acids is 1. The quantitative estimate of drug-likeness (QED) is 0.770. The summed E-state index contributed by atoms with van der Waals surface area (Å²) in [6.45, 7) is 5.39. The second kappa shape index (κ2) is 6.20. The number of pyridine rings is 1. The molecule has 1 aromatic heterocycles. The normalized spacial score (nSPS) is 13.6. The summed E-state index contributed by atoms with van der Waals surface area (Å²) >= 11 is 0. The average Bonchev–Trinajstić information content (AvgIpc) is 2.60. The van der Waals surface area contributed by atoms with E-state index in [2.05, 4.69) is 41.4 Å². The van der Waals surface area contributed by atoms with E-state index >= 15 is 0 Å². The molecule has 4 rings (SSSR count). The molecule has 0 aliphatic carbocycles. The van der Waals surface area contributed by atoms with Gasteiger partial charge in [0.2, 0.25) is 5.91 Å². The summed E-state index contributed by atoms with van der Waals surface area (Å²) < 4.78 is 0. The summed E-state index contributed by atoms with van der Waals surface area (Å²) in [7, 11) is 0. The first-order valence-electron chi connectivity index (χ1n) is 8.61. The van der Waals surface area contributed by atoms with Crippen LogP contribution in [0.1, 0.15) is 23.6 Å². The van der Waals surface area contributed by atoms with Crippen molar-refractivity contribution in [1.29, 1.82) is 0 Å². The smallest absolute Gasteiger partial charge is 0.221 e. The molecule has 0 fully saturated rings. The lowest BCUT2D eigenvalue weighted by atomic mass is 9.97. The van der Waals surface area contributed by atoms with E-state index in [1.807, 2.05) is 24.3 Å². The lowest BCUT2D eigenvalue weighted by molar-refractivity contribution is -0.114. The van der Waals surface area contributed by atoms with Gasteiger partial charge in [-0.2, -0.15) is 0 Å². The zero-order valence-corrected chi connectivity index (χ0v) is 14.5. The van der Waals surface area contributed by atoms with E-state index in [1.165, 1.54) is 22.1 Å². The maximum atomic E-state index is 11.4. The van der Waals surface area contributed by atoms with Crippen molar-refractivity contribution in [2.75, 3.05) is 16.8 Å². The molecule has 0 radical (unpaired) electrons. The number of carbonyl (C=O) groups is 1. The predicted molar refractivity (Wildman–Crippen MR) is 102 cm³/mol. The lowest BCUT2D eigenvalue weighted by Crippen LogP contribution is -2.32. The van der Waals surface area contributed by atoms with Gasteiger partial charge in [-0.1, -0.05) is 30.3 Å². The number of fused-ring (bicyclic) bond motifs is 2. The molecule has 0 saturated carbocycles. The van der Waals surface area contributed by atoms with E-state index in [1.54, 1.807) is 6.92 Å². The molecular weight excluding hydrogens is 310 g/mol. The lowest BCUT2D eigenvalue weighted by Gasteiger charge is -2.32. The SMILES string of the molecule is CC(=O)Nc1cccc2c1CCN(c1nc3ccccc3cc1C)C2. The molecule has 3 aromatic rings. The van der Waals surface area contributed by atoms with Crippen LogP contribution in [-0.2, 0) is 17.8 Å². The van der Waals surface area contributed by atoms with Crippen LogP contribution in [-0.4, -0.2) is 17.4 Å². The number of hydrogen-bond donors (Lipinski definition) is 1. The van der Waals surface area contributed by atoms with E-state index in [4.69, 9.17) is 4.98 Å². The van der Waals surface area contributed by atoms with E-state index < -0.39 is 0 Å². The number of rotatable bonds is 2. The van der Waals surface area contributed by atoms with Gasteiger partial charge in [-0.3, -0.25) is 4.79 Å². The molecule has 2 heterocycles. The van der Waals surface area contributed by atoms with Crippen LogP contribution < -0.4 is 10.2 Å². The summed E-state index contributed by atoms with van der Waals surface area (Å²) in [5.41, 5.74) is 5.66. The Morgan fingerprint density at radius 1 is 1.16 bits per heavy atom. The molecule has 4 nitrogen and oxygen atoms in total. The average molecular weight is 331 g/mol. The molecule has 25 heavy (non-hydrogen) atoms. The monoisotopic (exact) mass is 331 g/mol. The maximum absolute atomic E-state index is 11.4. The first-order chi connectivity index (χ1) is 12.1. The van der Waals surface area contributed by atoms with Crippen LogP contribution >= 0.6 is 0 Å². The van der Waals surface area contributed by atoms with Gasteiger partial charge >= 0.3 is 0 Å². The van der Waals surface area contributed by atoms with E-state index in [-0.39, 0.29) is 5.91 Å². The van der Waals surface area contributed by atoms with E-state index in [9.17, 15) is 4.79 Å². The molecule has 4 heteroatoms. The molecule has 0 atom stereocenters. The number of anilines is 2. The van der Waals surface area contributed by atoms with Crippen molar-refractivity contribution in [2.45, 2.75) is 26.8 Å². The van der Waals surface area contributed by atoms with Crippen molar-refractivity contribution in [2.24, 2.45) is 0 Å². The maximum Gasteiger partial charge on any atom is 0.221 e. The fourth-order valence-electron chi connectivity index (χ4n) is 3.63. The van der Waals surface area contributed by atoms with Crippen LogP contribution in [0.3, 0.4) is 0 Å². The van der Waals surface area contributed by atoms with Gasteiger partial charge in [-0.15, -0.1) is 0 Å². The first-order valence-corrected chi connectivity index (χ1v) is 8.61. The Morgan fingerprint density at radius 2 is 2.00 bits per heavy atom. The zero-order chi connectivity index (χ0) is 17.4. The third-order valence-corrected chi connectivity index (χ3v) is 4.76. The van der Waals surface area contributed by atoms with E-state index in [0.29, 0.717) is 0 Å². The summed E-state index contributed by atoms with van der Waals surface area (Å²) in [5, 5.41) is 4.13. The number of nitrogens with one attached hydrogen (secondary N) is 1. The number of nitrogens with zero attached hydrogens (tertiary/aromatic N) is 2. The van der Waals surface area contributed by atoms with Gasteiger partial charge in [-0.05, 0) is 48.2 Å². The number of para-hydroxylation sites is 1. The highest BCUT2D eigenvalue weighted by molar-refractivity contribution is 5.90. The Bertz CT molecular complexity index is 965. The van der Waals surface area contributed by atoms with Crippen molar-refractivity contribution in [3.8, 4) is 0 Å². The topological polar surface area (TPSA) is 45.2 Å². The van der Waals surface area contributed by atoms with Crippen molar-refractivity contribution >= 4 is 28.3 Å². The Hall–Kier alpha value is -2.88. The van der Waals surface area contributed by atoms with Crippen LogP contribution in [0.4, 0.5) is 11.5 Å². The Balaban J connectivity index is 1.69. The third-order valence-electron chi connectivity index (χ3n) is 4.76. The molecule has 0 saturated heterocycles. The predicted octanol–water partition coefficient (Wildman–Crippen LogP) is 4.06. The highest BCUT2D eigenvalue weighted by atomic mass is 16.1. The van der Waals surface area contributed by atoms with E-state index in [0.717, 1.165) is 36.5 Å². The van der Waals surface area contributed by atoms with Gasteiger partial charge in [0.05, 0.1) is 5.52 Å². The number of aromatic nitrogens is 1. The molecule has 0 unspecified atom stereocenters. The molecule has 126 valence electrons. The van der Waals surface area contributed by atoms with Gasteiger partial charge in [0.1, 0.15) is 5.82 Å². The molecule has 1 aliphatic heterocycles. The Kier molecular flexibility index (Phi) is 3.88. The van der Waals surface area contributed by atoms with Crippen molar-refractivity contribution in [3.63, 3.8) is 0 Å². The molecule has 1 N–H and O–H groups in total. The third kappa shape index (κ3) is 2.95. The van der Waals surface area contributed by atoms with Gasteiger partial charge < -0.3 is 10.2 Å². The Labute approximate surface area is 147 Å². The largest absolute Gasteiger partial charge is 0.352 e. The highest BCUT2D eigenvalue weighted by Crippen LogP contribution is 2.31. The number of amides is 1. The van der Waals surface area contributed by atoms with Gasteiger partial charge in [0.25, 0.3) is 0 Å². The molecule has 2 aromatic carbocycles. The van der Waals surface area contributed by atoms with Crippen LogP contribution in [0, 0.1) is 6.92 Å². The Morgan fingerprint density at radius 3 is 2.84 bits per heavy atom. The number of aryl methyl sites for hydroxylation is 1. The van der Waals surface area contributed by atoms with Gasteiger partial charge in [0.15, 0.2) is 0 Å². The van der Waals surface area contributed by atoms with Crippen molar-refractivity contribution in [1.82, 2.24) is 4.98 Å². The van der Waals surface area contributed by atoms with Crippen molar-refractivity contribution < 1.29 is 4.79 Å². The fourth-order valence-corrected chi connectivity index (χ4v) is 3.63. The second-order valence-corrected chi connectivity index (χ2v) is 6.62. The summed E-state index contributed by atoms with van der Waals surface area (Å²) in [5.74, 6) is 1.03. The standard InChI is InChI=1S/C21H21N3O/c1-14-12-16-6-3-4-8-19(16)23-21(14)24-11-10-18-17(13-24)7-5-9-20(18)22-15(2)25/h3-9,12H,10-11,13H2,1-2H3,(H,22,25). The van der Waals surface area contributed by atoms with Crippen molar-refractivity contribution in [3.05, 3.63) is 65.2 Å². The minimum absolute atomic E-state index is 0.0251. The van der Waals surface area contributed by atoms with Gasteiger partial charge in [-0.25, -0.2) is 4.98 Å². The molecule has 1 amide bonds. The molecular formula is C21H21N3O. The van der Waals surface area contributed by atoms with Crippen LogP contribution in [0.5, 0.6) is 0 Å². The summed E-state index contributed by atoms with van der Waals surface area (Å²) in [6.07, 6.45) is 0.903. The summed E-state index contributed by atoms with van der Waals surface area (Å²) in [4.78, 5) is 18.7. The van der Waals surface area contributed by atoms with Gasteiger partial charge in [0, 0.05) is 31.1 Å². The number of benzene rings is 2. The minimum atomic E-state index is -0.0251. The first kappa shape index (κ1) is 15.6. The highest BCUT2D eigenvalue weighted by Gasteiger charge is 2.21. The van der Waals surface area contributed by atoms with Crippen LogP contribution in [0.2, 0.25) is 0 Å². The second-order valence-electron chi connectivity index (χ2n) is 6.62.